The maximum atomic E-state index is 11.9. The summed E-state index contributed by atoms with van der Waals surface area (Å²) in [5.41, 5.74) is 0. The van der Waals surface area contributed by atoms with E-state index >= 15 is 0 Å². The lowest BCUT2D eigenvalue weighted by atomic mass is 9.92. The normalized spacial score (nSPS) is 21.0. The van der Waals surface area contributed by atoms with Crippen LogP contribution in [-0.2, 0) is 9.59 Å². The van der Waals surface area contributed by atoms with Crippen molar-refractivity contribution in [2.45, 2.75) is 58.3 Å². The van der Waals surface area contributed by atoms with Gasteiger partial charge in [-0.25, -0.2) is 0 Å². The molecule has 1 unspecified atom stereocenters. The van der Waals surface area contributed by atoms with Crippen molar-refractivity contribution < 1.29 is 14.7 Å². The van der Waals surface area contributed by atoms with Gasteiger partial charge in [0, 0.05) is 31.0 Å². The van der Waals surface area contributed by atoms with Gasteiger partial charge in [-0.15, -0.1) is 0 Å². The second-order valence-electron chi connectivity index (χ2n) is 6.05. The second-order valence-corrected chi connectivity index (χ2v) is 6.05. The Morgan fingerprint density at radius 1 is 1.26 bits per heavy atom. The Bertz CT molecular complexity index is 452. The summed E-state index contributed by atoms with van der Waals surface area (Å²) in [4.78, 5) is 26.8. The molecule has 0 radical (unpaired) electrons. The first-order chi connectivity index (χ1) is 11.1. The molecule has 128 valence electrons. The Kier molecular flexibility index (Phi) is 9.92. The number of hydrogen-bond donors (Lipinski definition) is 1. The zero-order valence-electron chi connectivity index (χ0n) is 14.1. The summed E-state index contributed by atoms with van der Waals surface area (Å²) in [5, 5.41) is 8.57. The summed E-state index contributed by atoms with van der Waals surface area (Å²) < 4.78 is 0. The first-order valence-corrected chi connectivity index (χ1v) is 8.74. The van der Waals surface area contributed by atoms with Crippen molar-refractivity contribution in [3.63, 3.8) is 0 Å². The third-order valence-corrected chi connectivity index (χ3v) is 4.05. The molecule has 0 aromatic carbocycles. The molecule has 0 saturated heterocycles. The van der Waals surface area contributed by atoms with Crippen molar-refractivity contribution in [1.82, 2.24) is 0 Å². The van der Waals surface area contributed by atoms with Gasteiger partial charge < -0.3 is 5.11 Å². The fourth-order valence-electron chi connectivity index (χ4n) is 2.64. The summed E-state index contributed by atoms with van der Waals surface area (Å²) in [7, 11) is 0. The van der Waals surface area contributed by atoms with Gasteiger partial charge in [-0.1, -0.05) is 44.4 Å². The average molecular weight is 319 g/mol. The van der Waals surface area contributed by atoms with E-state index in [9.17, 15) is 9.59 Å². The van der Waals surface area contributed by atoms with Crippen LogP contribution in [0.15, 0.2) is 29.3 Å². The van der Waals surface area contributed by atoms with Gasteiger partial charge in [-0.2, -0.15) is 0 Å². The molecule has 4 nitrogen and oxygen atoms in total. The van der Waals surface area contributed by atoms with Crippen LogP contribution >= 0.6 is 0 Å². The molecular weight excluding hydrogens is 290 g/mol. The summed E-state index contributed by atoms with van der Waals surface area (Å²) in [5.74, 6) is -0.520. The van der Waals surface area contributed by atoms with Gasteiger partial charge in [0.25, 0.3) is 0 Å². The molecule has 1 aliphatic carbocycles. The van der Waals surface area contributed by atoms with E-state index in [-0.39, 0.29) is 24.0 Å². The molecule has 0 aromatic heterocycles. The number of allylic oxidation sites excluding steroid dienone is 4. The lowest BCUT2D eigenvalue weighted by Crippen LogP contribution is -2.16. The van der Waals surface area contributed by atoms with E-state index in [1.54, 1.807) is 6.08 Å². The third-order valence-electron chi connectivity index (χ3n) is 4.05. The Morgan fingerprint density at radius 2 is 2.09 bits per heavy atom. The number of hydrogen-bond acceptors (Lipinski definition) is 3. The number of carbonyl (C=O) groups excluding carboxylic acids is 1. The van der Waals surface area contributed by atoms with Crippen LogP contribution < -0.4 is 0 Å². The fourth-order valence-corrected chi connectivity index (χ4v) is 2.64. The molecule has 0 fully saturated rings. The standard InChI is InChI=1S/C19H29NO3/c1-2-3-4-9-14-20-15-16-12-13-18(21)17(16)10-7-5-6-8-11-19(22)23/h5,7,12-13,15-17H,2-4,6,8-11,14H2,1H3,(H,22,23)/b7-5-,20-15?/t16?,17-/m1/s1. The number of aliphatic imine (C=N–C) groups is 1. The highest BCUT2D eigenvalue weighted by Gasteiger charge is 2.27. The molecule has 0 saturated carbocycles. The van der Waals surface area contributed by atoms with Gasteiger partial charge in [-0.3, -0.25) is 14.6 Å². The van der Waals surface area contributed by atoms with Crippen molar-refractivity contribution in [3.05, 3.63) is 24.3 Å². The van der Waals surface area contributed by atoms with Crippen LogP contribution in [0, 0.1) is 11.8 Å². The first kappa shape index (κ1) is 19.3. The molecule has 23 heavy (non-hydrogen) atoms. The number of unbranched alkanes of at least 4 members (excludes halogenated alkanes) is 4. The quantitative estimate of drug-likeness (QED) is 0.333. The maximum Gasteiger partial charge on any atom is 0.303 e. The summed E-state index contributed by atoms with van der Waals surface area (Å²) in [6.45, 7) is 3.04. The van der Waals surface area contributed by atoms with Gasteiger partial charge in [0.15, 0.2) is 5.78 Å². The molecule has 0 aliphatic heterocycles. The van der Waals surface area contributed by atoms with Crippen LogP contribution in [0.2, 0.25) is 0 Å². The number of carbonyl (C=O) groups is 2. The number of aliphatic carboxylic acids is 1. The molecule has 0 heterocycles. The van der Waals surface area contributed by atoms with Crippen LogP contribution in [-0.4, -0.2) is 29.6 Å². The van der Waals surface area contributed by atoms with Crippen molar-refractivity contribution in [2.24, 2.45) is 16.8 Å². The van der Waals surface area contributed by atoms with Crippen LogP contribution in [0.5, 0.6) is 0 Å². The Hall–Kier alpha value is -1.71. The average Bonchev–Trinajstić information content (AvgIpc) is 2.86. The van der Waals surface area contributed by atoms with Gasteiger partial charge in [-0.05, 0) is 31.8 Å². The molecule has 0 spiro atoms. The van der Waals surface area contributed by atoms with Gasteiger partial charge in [0.05, 0.1) is 0 Å². The lowest BCUT2D eigenvalue weighted by Gasteiger charge is -2.11. The van der Waals surface area contributed by atoms with E-state index in [1.807, 2.05) is 24.4 Å². The van der Waals surface area contributed by atoms with Crippen LogP contribution in [0.4, 0.5) is 0 Å². The fraction of sp³-hybridized carbons (Fsp3) is 0.632. The van der Waals surface area contributed by atoms with Crippen molar-refractivity contribution >= 4 is 18.0 Å². The Balaban J connectivity index is 2.29. The summed E-state index contributed by atoms with van der Waals surface area (Å²) >= 11 is 0. The molecule has 2 atom stereocenters. The molecule has 4 heteroatoms. The first-order valence-electron chi connectivity index (χ1n) is 8.74. The molecule has 0 bridgehead atoms. The van der Waals surface area contributed by atoms with E-state index in [2.05, 4.69) is 11.9 Å². The van der Waals surface area contributed by atoms with E-state index < -0.39 is 5.97 Å². The minimum absolute atomic E-state index is 0.0369. The lowest BCUT2D eigenvalue weighted by molar-refractivity contribution is -0.137. The smallest absolute Gasteiger partial charge is 0.303 e. The van der Waals surface area contributed by atoms with E-state index in [1.165, 1.54) is 19.3 Å². The zero-order valence-corrected chi connectivity index (χ0v) is 14.1. The minimum Gasteiger partial charge on any atom is -0.481 e. The van der Waals surface area contributed by atoms with Crippen LogP contribution in [0.3, 0.4) is 0 Å². The van der Waals surface area contributed by atoms with E-state index in [0.29, 0.717) is 12.8 Å². The third kappa shape index (κ3) is 8.48. The van der Waals surface area contributed by atoms with Crippen LogP contribution in [0.1, 0.15) is 58.3 Å². The molecular formula is C19H29NO3. The highest BCUT2D eigenvalue weighted by Crippen LogP contribution is 2.24. The monoisotopic (exact) mass is 319 g/mol. The SMILES string of the molecule is CCCCCCN=CC1C=CC(=O)[C@@H]1C/C=C\CCCC(=O)O. The van der Waals surface area contributed by atoms with Gasteiger partial charge >= 0.3 is 5.97 Å². The number of carboxylic acid groups (broad SMARTS) is 1. The predicted molar refractivity (Wildman–Crippen MR) is 93.9 cm³/mol. The van der Waals surface area contributed by atoms with E-state index in [0.717, 1.165) is 19.4 Å². The minimum atomic E-state index is -0.760. The van der Waals surface area contributed by atoms with Crippen molar-refractivity contribution in [3.8, 4) is 0 Å². The van der Waals surface area contributed by atoms with Gasteiger partial charge in [0.1, 0.15) is 0 Å². The Labute approximate surface area is 139 Å². The highest BCUT2D eigenvalue weighted by molar-refractivity contribution is 5.97. The second kappa shape index (κ2) is 11.8. The number of rotatable bonds is 12. The topological polar surface area (TPSA) is 66.7 Å². The number of carboxylic acids is 1. The molecule has 1 aliphatic rings. The van der Waals surface area contributed by atoms with Crippen molar-refractivity contribution in [1.29, 1.82) is 0 Å². The molecule has 0 aromatic rings. The molecule has 0 amide bonds. The van der Waals surface area contributed by atoms with Crippen molar-refractivity contribution in [2.75, 3.05) is 6.54 Å². The molecule has 1 rings (SSSR count). The van der Waals surface area contributed by atoms with E-state index in [4.69, 9.17) is 5.11 Å². The maximum absolute atomic E-state index is 11.9. The number of nitrogens with zero attached hydrogens (tertiary/aromatic N) is 1. The zero-order chi connectivity index (χ0) is 16.9. The Morgan fingerprint density at radius 3 is 2.83 bits per heavy atom. The highest BCUT2D eigenvalue weighted by atomic mass is 16.4. The predicted octanol–water partition coefficient (Wildman–Crippen LogP) is 4.21. The van der Waals surface area contributed by atoms with Gasteiger partial charge in [0.2, 0.25) is 0 Å². The largest absolute Gasteiger partial charge is 0.481 e. The van der Waals surface area contributed by atoms with Crippen LogP contribution in [0.25, 0.3) is 0 Å². The molecule has 1 N–H and O–H groups in total. The summed E-state index contributed by atoms with van der Waals surface area (Å²) in [6, 6.07) is 0. The number of ketones is 1. The summed E-state index contributed by atoms with van der Waals surface area (Å²) in [6.07, 6.45) is 16.6.